The van der Waals surface area contributed by atoms with Crippen LogP contribution < -0.4 is 11.1 Å². The molecule has 29 heavy (non-hydrogen) atoms. The van der Waals surface area contributed by atoms with E-state index in [1.54, 1.807) is 25.1 Å². The summed E-state index contributed by atoms with van der Waals surface area (Å²) in [5.74, 6) is -0.765. The summed E-state index contributed by atoms with van der Waals surface area (Å²) in [6.07, 6.45) is -0.0820. The third-order valence-electron chi connectivity index (χ3n) is 5.26. The number of rotatable bonds is 6. The number of ether oxygens (including phenoxy) is 1. The van der Waals surface area contributed by atoms with E-state index in [1.807, 2.05) is 24.3 Å². The molecule has 0 unspecified atom stereocenters. The molecule has 7 heteroatoms. The number of para-hydroxylation sites is 2. The van der Waals surface area contributed by atoms with Crippen molar-refractivity contribution in [3.63, 3.8) is 0 Å². The molecule has 0 saturated carbocycles. The predicted molar refractivity (Wildman–Crippen MR) is 110 cm³/mol. The van der Waals surface area contributed by atoms with Crippen LogP contribution in [0.5, 0.6) is 0 Å². The van der Waals surface area contributed by atoms with Gasteiger partial charge in [0.25, 0.3) is 0 Å². The van der Waals surface area contributed by atoms with Gasteiger partial charge in [-0.25, -0.2) is 4.79 Å². The van der Waals surface area contributed by atoms with E-state index in [9.17, 15) is 9.59 Å². The standard InChI is InChI=1S/C22H25N3O4/c1-16(25-19-9-5-6-10-20(19)29-22(25)27)21(26)23-13-18-15-24(11-12-28-18)14-17-7-3-2-4-8-17/h2-10,16,18H,11-15H2,1H3,(H,23,26)/t16-,18-/m1/s1. The van der Waals surface area contributed by atoms with Crippen LogP contribution in [0.15, 0.2) is 63.8 Å². The Morgan fingerprint density at radius 1 is 1.17 bits per heavy atom. The summed E-state index contributed by atoms with van der Waals surface area (Å²) < 4.78 is 12.4. The summed E-state index contributed by atoms with van der Waals surface area (Å²) in [7, 11) is 0. The number of nitrogens with zero attached hydrogens (tertiary/aromatic N) is 2. The SMILES string of the molecule is C[C@H](C(=O)NC[C@@H]1CN(Cc2ccccc2)CCO1)n1c(=O)oc2ccccc21. The Balaban J connectivity index is 1.35. The van der Waals surface area contributed by atoms with E-state index in [0.717, 1.165) is 19.6 Å². The molecule has 0 radical (unpaired) electrons. The Kier molecular flexibility index (Phi) is 5.78. The Morgan fingerprint density at radius 2 is 1.93 bits per heavy atom. The number of carbonyl (C=O) groups is 1. The van der Waals surface area contributed by atoms with Gasteiger partial charge in [0, 0.05) is 26.2 Å². The Hall–Kier alpha value is -2.90. The van der Waals surface area contributed by atoms with Gasteiger partial charge < -0.3 is 14.5 Å². The molecule has 7 nitrogen and oxygen atoms in total. The number of carbonyl (C=O) groups excluding carboxylic acids is 1. The number of benzene rings is 2. The average molecular weight is 395 g/mol. The molecule has 1 amide bonds. The lowest BCUT2D eigenvalue weighted by atomic mass is 10.2. The molecule has 2 atom stereocenters. The van der Waals surface area contributed by atoms with E-state index < -0.39 is 11.8 Å². The molecule has 2 aromatic carbocycles. The van der Waals surface area contributed by atoms with Crippen LogP contribution in [-0.4, -0.2) is 47.7 Å². The molecule has 1 aromatic heterocycles. The first-order chi connectivity index (χ1) is 14.1. The first-order valence-electron chi connectivity index (χ1n) is 9.87. The number of amides is 1. The molecule has 1 saturated heterocycles. The van der Waals surface area contributed by atoms with Gasteiger partial charge in [0.2, 0.25) is 5.91 Å². The number of nitrogens with one attached hydrogen (secondary N) is 1. The lowest BCUT2D eigenvalue weighted by Gasteiger charge is -2.33. The van der Waals surface area contributed by atoms with Gasteiger partial charge in [-0.05, 0) is 24.6 Å². The zero-order chi connectivity index (χ0) is 20.2. The van der Waals surface area contributed by atoms with E-state index in [2.05, 4.69) is 22.3 Å². The Morgan fingerprint density at radius 3 is 2.76 bits per heavy atom. The lowest BCUT2D eigenvalue weighted by Crippen LogP contribution is -2.48. The first-order valence-corrected chi connectivity index (χ1v) is 9.87. The van der Waals surface area contributed by atoms with Crippen molar-refractivity contribution in [1.29, 1.82) is 0 Å². The number of aromatic nitrogens is 1. The number of morpholine rings is 1. The van der Waals surface area contributed by atoms with Crippen molar-refractivity contribution in [3.05, 3.63) is 70.7 Å². The number of hydrogen-bond donors (Lipinski definition) is 1. The van der Waals surface area contributed by atoms with Gasteiger partial charge in [-0.3, -0.25) is 14.3 Å². The molecule has 0 bridgehead atoms. The third-order valence-corrected chi connectivity index (χ3v) is 5.26. The van der Waals surface area contributed by atoms with E-state index in [1.165, 1.54) is 10.1 Å². The third kappa shape index (κ3) is 4.41. The van der Waals surface area contributed by atoms with Crippen LogP contribution in [0, 0.1) is 0 Å². The summed E-state index contributed by atoms with van der Waals surface area (Å²) >= 11 is 0. The van der Waals surface area contributed by atoms with Gasteiger partial charge in [0.15, 0.2) is 5.58 Å². The Bertz CT molecular complexity index is 1030. The largest absolute Gasteiger partial charge is 0.420 e. The minimum Gasteiger partial charge on any atom is -0.408 e. The fourth-order valence-electron chi connectivity index (χ4n) is 3.72. The van der Waals surface area contributed by atoms with Gasteiger partial charge in [-0.1, -0.05) is 42.5 Å². The van der Waals surface area contributed by atoms with Crippen molar-refractivity contribution in [2.45, 2.75) is 25.6 Å². The van der Waals surface area contributed by atoms with Gasteiger partial charge in [-0.15, -0.1) is 0 Å². The van der Waals surface area contributed by atoms with Crippen molar-refractivity contribution in [3.8, 4) is 0 Å². The molecule has 1 fully saturated rings. The molecule has 1 aliphatic rings. The normalized spacial score (nSPS) is 18.6. The zero-order valence-electron chi connectivity index (χ0n) is 16.4. The minimum absolute atomic E-state index is 0.0820. The minimum atomic E-state index is -0.671. The van der Waals surface area contributed by atoms with Crippen molar-refractivity contribution in [2.24, 2.45) is 0 Å². The average Bonchev–Trinajstić information content (AvgIpc) is 3.08. The molecule has 1 N–H and O–H groups in total. The van der Waals surface area contributed by atoms with Crippen LogP contribution in [0.2, 0.25) is 0 Å². The molecule has 0 aliphatic carbocycles. The van der Waals surface area contributed by atoms with Crippen molar-refractivity contribution in [1.82, 2.24) is 14.8 Å². The molecular formula is C22H25N3O4. The van der Waals surface area contributed by atoms with E-state index in [0.29, 0.717) is 24.3 Å². The molecule has 2 heterocycles. The van der Waals surface area contributed by atoms with E-state index >= 15 is 0 Å². The Labute approximate surface area is 168 Å². The molecular weight excluding hydrogens is 370 g/mol. The predicted octanol–water partition coefficient (Wildman–Crippen LogP) is 2.17. The molecule has 3 aromatic rings. The highest BCUT2D eigenvalue weighted by atomic mass is 16.5. The van der Waals surface area contributed by atoms with E-state index in [4.69, 9.17) is 9.15 Å². The van der Waals surface area contributed by atoms with Crippen LogP contribution in [-0.2, 0) is 16.1 Å². The highest BCUT2D eigenvalue weighted by Gasteiger charge is 2.24. The van der Waals surface area contributed by atoms with Gasteiger partial charge in [0.05, 0.1) is 18.2 Å². The number of oxazole rings is 1. The van der Waals surface area contributed by atoms with Crippen molar-refractivity contribution in [2.75, 3.05) is 26.2 Å². The monoisotopic (exact) mass is 395 g/mol. The van der Waals surface area contributed by atoms with Crippen LogP contribution in [0.4, 0.5) is 0 Å². The maximum Gasteiger partial charge on any atom is 0.420 e. The van der Waals surface area contributed by atoms with Crippen molar-refractivity contribution < 1.29 is 13.9 Å². The maximum absolute atomic E-state index is 12.7. The van der Waals surface area contributed by atoms with Crippen LogP contribution in [0.3, 0.4) is 0 Å². The van der Waals surface area contributed by atoms with Crippen LogP contribution >= 0.6 is 0 Å². The van der Waals surface area contributed by atoms with Crippen molar-refractivity contribution >= 4 is 17.0 Å². The smallest absolute Gasteiger partial charge is 0.408 e. The summed E-state index contributed by atoms with van der Waals surface area (Å²) in [5, 5.41) is 2.92. The van der Waals surface area contributed by atoms with Gasteiger partial charge >= 0.3 is 5.76 Å². The summed E-state index contributed by atoms with van der Waals surface area (Å²) in [5.41, 5.74) is 2.35. The van der Waals surface area contributed by atoms with Gasteiger partial charge in [-0.2, -0.15) is 0 Å². The van der Waals surface area contributed by atoms with Crippen LogP contribution in [0.25, 0.3) is 11.1 Å². The van der Waals surface area contributed by atoms with E-state index in [-0.39, 0.29) is 12.0 Å². The number of fused-ring (bicyclic) bond motifs is 1. The molecule has 0 spiro atoms. The van der Waals surface area contributed by atoms with Gasteiger partial charge in [0.1, 0.15) is 6.04 Å². The highest BCUT2D eigenvalue weighted by molar-refractivity contribution is 5.82. The second kappa shape index (κ2) is 8.63. The molecule has 152 valence electrons. The molecule has 1 aliphatic heterocycles. The lowest BCUT2D eigenvalue weighted by molar-refractivity contribution is -0.125. The fraction of sp³-hybridized carbons (Fsp3) is 0.364. The number of hydrogen-bond acceptors (Lipinski definition) is 5. The topological polar surface area (TPSA) is 76.7 Å². The first kappa shape index (κ1) is 19.4. The highest BCUT2D eigenvalue weighted by Crippen LogP contribution is 2.17. The summed E-state index contributed by atoms with van der Waals surface area (Å²) in [6.45, 7) is 5.21. The second-order valence-corrected chi connectivity index (χ2v) is 7.34. The zero-order valence-corrected chi connectivity index (χ0v) is 16.4. The summed E-state index contributed by atoms with van der Waals surface area (Å²) in [6, 6.07) is 16.7. The van der Waals surface area contributed by atoms with Crippen LogP contribution in [0.1, 0.15) is 18.5 Å². The fourth-order valence-corrected chi connectivity index (χ4v) is 3.72. The second-order valence-electron chi connectivity index (χ2n) is 7.34. The quantitative estimate of drug-likeness (QED) is 0.692. The summed E-state index contributed by atoms with van der Waals surface area (Å²) in [4.78, 5) is 27.2. The maximum atomic E-state index is 12.7. The molecule has 4 rings (SSSR count).